The highest BCUT2D eigenvalue weighted by Gasteiger charge is 2.35. The smallest absolute Gasteiger partial charge is 0.416 e. The number of imidazole rings is 1. The van der Waals surface area contributed by atoms with E-state index >= 15 is 0 Å². The van der Waals surface area contributed by atoms with E-state index in [0.717, 1.165) is 60.5 Å². The van der Waals surface area contributed by atoms with Gasteiger partial charge in [-0.2, -0.15) is 13.2 Å². The Morgan fingerprint density at radius 2 is 1.81 bits per heavy atom. The highest BCUT2D eigenvalue weighted by atomic mass is 32.1. The van der Waals surface area contributed by atoms with Crippen molar-refractivity contribution in [2.45, 2.75) is 25.7 Å². The summed E-state index contributed by atoms with van der Waals surface area (Å²) >= 11 is 1.09. The van der Waals surface area contributed by atoms with Gasteiger partial charge in [-0.05, 0) is 31.2 Å². The molecule has 0 aliphatic carbocycles. The molecule has 9 nitrogen and oxygen atoms in total. The third-order valence-corrected chi connectivity index (χ3v) is 8.56. The quantitative estimate of drug-likeness (QED) is 0.250. The van der Waals surface area contributed by atoms with Crippen LogP contribution in [0.4, 0.5) is 18.9 Å². The molecule has 222 valence electrons. The number of rotatable bonds is 8. The Morgan fingerprint density at radius 3 is 2.53 bits per heavy atom. The third kappa shape index (κ3) is 6.04. The first-order valence-electron chi connectivity index (χ1n) is 13.6. The van der Waals surface area contributed by atoms with Gasteiger partial charge in [-0.1, -0.05) is 18.2 Å². The number of benzene rings is 1. The number of alkyl halides is 3. The number of piperazine rings is 1. The lowest BCUT2D eigenvalue weighted by Gasteiger charge is -2.35. The molecule has 0 saturated carbocycles. The fourth-order valence-corrected chi connectivity index (χ4v) is 6.19. The molecule has 0 radical (unpaired) electrons. The van der Waals surface area contributed by atoms with Crippen molar-refractivity contribution in [3.05, 3.63) is 95.1 Å². The van der Waals surface area contributed by atoms with Gasteiger partial charge in [-0.15, -0.1) is 11.3 Å². The van der Waals surface area contributed by atoms with E-state index in [9.17, 15) is 18.0 Å². The number of hydrogen-bond acceptors (Lipinski definition) is 8. The van der Waals surface area contributed by atoms with Crippen LogP contribution in [0.1, 0.15) is 39.5 Å². The predicted molar refractivity (Wildman–Crippen MR) is 157 cm³/mol. The van der Waals surface area contributed by atoms with E-state index in [-0.39, 0.29) is 16.2 Å². The number of pyridine rings is 2. The van der Waals surface area contributed by atoms with E-state index < -0.39 is 23.8 Å². The first kappa shape index (κ1) is 28.6. The van der Waals surface area contributed by atoms with Crippen LogP contribution in [-0.4, -0.2) is 56.5 Å². The zero-order chi connectivity index (χ0) is 30.1. The maximum Gasteiger partial charge on any atom is 0.416 e. The molecule has 13 heteroatoms. The maximum absolute atomic E-state index is 13.6. The molecule has 1 aliphatic rings. The van der Waals surface area contributed by atoms with Gasteiger partial charge in [0.05, 0.1) is 23.0 Å². The zero-order valence-electron chi connectivity index (χ0n) is 23.2. The number of primary amides is 1. The van der Waals surface area contributed by atoms with Crippen molar-refractivity contribution < 1.29 is 22.7 Å². The number of aromatic nitrogens is 4. The Bertz CT molecular complexity index is 1750. The molecule has 0 unspecified atom stereocenters. The Hall–Kier alpha value is -4.49. The van der Waals surface area contributed by atoms with Crippen LogP contribution < -0.4 is 15.4 Å². The second-order valence-corrected chi connectivity index (χ2v) is 11.3. The molecule has 5 heterocycles. The maximum atomic E-state index is 13.6. The normalized spacial score (nSPS) is 15.1. The number of carbonyl (C=O) groups is 1. The number of halogens is 3. The van der Waals surface area contributed by atoms with Crippen molar-refractivity contribution in [3.63, 3.8) is 0 Å². The topological polar surface area (TPSA) is 102 Å². The minimum absolute atomic E-state index is 0.0384. The molecule has 4 aromatic heterocycles. The standard InChI is InChI=1S/C30H28F3N7O2S/c1-19(22-4-2-3-5-23(22)30(31,32)33)42-26-15-27(43-28(26)29(34)41)40-18-37-24-16-36-20(14-25(24)40)17-38-10-12-39(13-11-38)21-6-8-35-9-7-21/h2-9,14-16,18-19H,10-13,17H2,1H3,(H2,34,41)/t19-/m1/s1. The highest BCUT2D eigenvalue weighted by Crippen LogP contribution is 2.39. The number of ether oxygens (including phenoxy) is 1. The van der Waals surface area contributed by atoms with Crippen LogP contribution in [0, 0.1) is 0 Å². The summed E-state index contributed by atoms with van der Waals surface area (Å²) in [6, 6.07) is 12.8. The van der Waals surface area contributed by atoms with Gasteiger partial charge in [-0.25, -0.2) is 4.98 Å². The average Bonchev–Trinajstić information content (AvgIpc) is 3.61. The van der Waals surface area contributed by atoms with E-state index in [2.05, 4.69) is 24.8 Å². The summed E-state index contributed by atoms with van der Waals surface area (Å²) in [7, 11) is 0. The van der Waals surface area contributed by atoms with Gasteiger partial charge in [0.1, 0.15) is 33.6 Å². The molecule has 0 spiro atoms. The predicted octanol–water partition coefficient (Wildman–Crippen LogP) is 5.46. The van der Waals surface area contributed by atoms with Crippen molar-refractivity contribution in [3.8, 4) is 10.8 Å². The van der Waals surface area contributed by atoms with E-state index in [0.29, 0.717) is 17.1 Å². The number of nitrogens with two attached hydrogens (primary N) is 1. The molecule has 0 bridgehead atoms. The summed E-state index contributed by atoms with van der Waals surface area (Å²) in [6.07, 6.45) is 1.39. The van der Waals surface area contributed by atoms with Gasteiger partial charge in [0.15, 0.2) is 0 Å². The minimum Gasteiger partial charge on any atom is -0.484 e. The van der Waals surface area contributed by atoms with Crippen LogP contribution in [0.5, 0.6) is 5.75 Å². The molecule has 1 saturated heterocycles. The number of anilines is 1. The number of fused-ring (bicyclic) bond motifs is 1. The lowest BCUT2D eigenvalue weighted by Crippen LogP contribution is -2.46. The summed E-state index contributed by atoms with van der Waals surface area (Å²) in [5.41, 5.74) is 8.28. The fraction of sp³-hybridized carbons (Fsp3) is 0.267. The molecule has 6 rings (SSSR count). The first-order chi connectivity index (χ1) is 20.7. The van der Waals surface area contributed by atoms with Crippen molar-refractivity contribution in [1.29, 1.82) is 0 Å². The molecule has 1 fully saturated rings. The highest BCUT2D eigenvalue weighted by molar-refractivity contribution is 7.16. The zero-order valence-corrected chi connectivity index (χ0v) is 24.0. The van der Waals surface area contributed by atoms with Crippen molar-refractivity contribution in [2.24, 2.45) is 5.73 Å². The van der Waals surface area contributed by atoms with Gasteiger partial charge in [0.25, 0.3) is 5.91 Å². The molecule has 1 amide bonds. The van der Waals surface area contributed by atoms with E-state index in [1.165, 1.54) is 25.1 Å². The Balaban J connectivity index is 1.22. The summed E-state index contributed by atoms with van der Waals surface area (Å²) in [5, 5.41) is 0.589. The van der Waals surface area contributed by atoms with Crippen LogP contribution in [0.2, 0.25) is 0 Å². The molecule has 1 aliphatic heterocycles. The van der Waals surface area contributed by atoms with Crippen LogP contribution in [-0.2, 0) is 12.7 Å². The molecule has 1 atom stereocenters. The molecular weight excluding hydrogens is 579 g/mol. The number of thiophene rings is 1. The van der Waals surface area contributed by atoms with Gasteiger partial charge < -0.3 is 15.4 Å². The number of hydrogen-bond donors (Lipinski definition) is 1. The Labute approximate surface area is 249 Å². The lowest BCUT2D eigenvalue weighted by molar-refractivity contribution is -0.139. The molecule has 1 aromatic carbocycles. The van der Waals surface area contributed by atoms with Gasteiger partial charge >= 0.3 is 6.18 Å². The summed E-state index contributed by atoms with van der Waals surface area (Å²) in [6.45, 7) is 5.71. The largest absolute Gasteiger partial charge is 0.484 e. The molecule has 2 N–H and O–H groups in total. The number of carbonyl (C=O) groups excluding carboxylic acids is 1. The van der Waals surface area contributed by atoms with Crippen molar-refractivity contribution in [1.82, 2.24) is 24.4 Å². The average molecular weight is 608 g/mol. The van der Waals surface area contributed by atoms with Crippen LogP contribution in [0.15, 0.2) is 73.4 Å². The first-order valence-corrected chi connectivity index (χ1v) is 14.4. The Kier molecular flexibility index (Phi) is 7.75. The van der Waals surface area contributed by atoms with E-state index in [1.807, 2.05) is 18.2 Å². The SMILES string of the molecule is C[C@@H](Oc1cc(-n2cnc3cnc(CN4CCN(c5ccncc5)CC4)cc32)sc1C(N)=O)c1ccccc1C(F)(F)F. The molecule has 43 heavy (non-hydrogen) atoms. The van der Waals surface area contributed by atoms with Gasteiger partial charge in [0.2, 0.25) is 0 Å². The van der Waals surface area contributed by atoms with E-state index in [1.54, 1.807) is 35.6 Å². The summed E-state index contributed by atoms with van der Waals surface area (Å²) in [4.78, 5) is 30.3. The van der Waals surface area contributed by atoms with E-state index in [4.69, 9.17) is 10.5 Å². The van der Waals surface area contributed by atoms with Crippen LogP contribution in [0.25, 0.3) is 16.0 Å². The second kappa shape index (κ2) is 11.7. The summed E-state index contributed by atoms with van der Waals surface area (Å²) in [5.74, 6) is -0.625. The van der Waals surface area contributed by atoms with Gasteiger partial charge in [-0.3, -0.25) is 24.2 Å². The summed E-state index contributed by atoms with van der Waals surface area (Å²) < 4.78 is 48.6. The van der Waals surface area contributed by atoms with Crippen LogP contribution >= 0.6 is 11.3 Å². The monoisotopic (exact) mass is 607 g/mol. The molecule has 5 aromatic rings. The van der Waals surface area contributed by atoms with Crippen molar-refractivity contribution >= 4 is 34.0 Å². The number of nitrogens with zero attached hydrogens (tertiary/aromatic N) is 6. The third-order valence-electron chi connectivity index (χ3n) is 7.43. The minimum atomic E-state index is -4.55. The second-order valence-electron chi connectivity index (χ2n) is 10.2. The Morgan fingerprint density at radius 1 is 1.07 bits per heavy atom. The lowest BCUT2D eigenvalue weighted by atomic mass is 10.0. The van der Waals surface area contributed by atoms with Crippen LogP contribution in [0.3, 0.4) is 0 Å². The van der Waals surface area contributed by atoms with Crippen molar-refractivity contribution in [2.75, 3.05) is 31.1 Å². The van der Waals surface area contributed by atoms with Gasteiger partial charge in [0, 0.05) is 62.4 Å². The number of amides is 1. The fourth-order valence-electron chi connectivity index (χ4n) is 5.27. The molecular formula is C30H28F3N7O2S.